The predicted molar refractivity (Wildman–Crippen MR) is 109 cm³/mol. The fourth-order valence-electron chi connectivity index (χ4n) is 3.54. The van der Waals surface area contributed by atoms with Gasteiger partial charge in [-0.2, -0.15) is 0 Å². The molecule has 0 bridgehead atoms. The molecule has 2 N–H and O–H groups in total. The van der Waals surface area contributed by atoms with Gasteiger partial charge in [0.1, 0.15) is 5.82 Å². The summed E-state index contributed by atoms with van der Waals surface area (Å²) in [7, 11) is 1.98. The zero-order chi connectivity index (χ0) is 19.5. The van der Waals surface area contributed by atoms with Crippen LogP contribution < -0.4 is 10.6 Å². The van der Waals surface area contributed by atoms with Gasteiger partial charge in [0, 0.05) is 44.4 Å². The minimum Gasteiger partial charge on any atom is -0.342 e. The summed E-state index contributed by atoms with van der Waals surface area (Å²) in [6.45, 7) is 1.54. The fraction of sp³-hybridized carbons (Fsp3) is 0.286. The van der Waals surface area contributed by atoms with Gasteiger partial charge in [0.2, 0.25) is 5.91 Å². The number of para-hydroxylation sites is 1. The number of urea groups is 1. The highest BCUT2D eigenvalue weighted by Crippen LogP contribution is 2.21. The summed E-state index contributed by atoms with van der Waals surface area (Å²) in [6, 6.07) is 14.7. The molecule has 1 aliphatic rings. The number of rotatable bonds is 5. The monoisotopic (exact) mass is 377 g/mol. The number of carbonyl (C=O) groups is 2. The Morgan fingerprint density at radius 3 is 2.64 bits per heavy atom. The van der Waals surface area contributed by atoms with E-state index in [4.69, 9.17) is 4.98 Å². The number of nitrogens with zero attached hydrogens (tertiary/aromatic N) is 3. The van der Waals surface area contributed by atoms with Gasteiger partial charge < -0.3 is 20.1 Å². The highest BCUT2D eigenvalue weighted by molar-refractivity contribution is 6.00. The maximum absolute atomic E-state index is 12.2. The number of hydrogen-bond acceptors (Lipinski definition) is 3. The molecule has 0 spiro atoms. The lowest BCUT2D eigenvalue weighted by Crippen LogP contribution is -2.27. The average molecular weight is 377 g/mol. The van der Waals surface area contributed by atoms with Crippen molar-refractivity contribution in [2.45, 2.75) is 19.3 Å². The zero-order valence-electron chi connectivity index (χ0n) is 15.8. The van der Waals surface area contributed by atoms with Crippen LogP contribution in [0.15, 0.2) is 48.5 Å². The molecule has 1 saturated heterocycles. The van der Waals surface area contributed by atoms with Crippen LogP contribution in [-0.4, -0.2) is 39.5 Å². The maximum atomic E-state index is 12.2. The molecule has 2 aromatic carbocycles. The molecule has 28 heavy (non-hydrogen) atoms. The van der Waals surface area contributed by atoms with Crippen LogP contribution in [0.3, 0.4) is 0 Å². The lowest BCUT2D eigenvalue weighted by molar-refractivity contribution is -0.127. The Morgan fingerprint density at radius 1 is 1.11 bits per heavy atom. The third kappa shape index (κ3) is 3.83. The summed E-state index contributed by atoms with van der Waals surface area (Å²) in [6.07, 6.45) is 2.32. The predicted octanol–water partition coefficient (Wildman–Crippen LogP) is 3.38. The van der Waals surface area contributed by atoms with E-state index in [0.29, 0.717) is 25.1 Å². The molecule has 3 amide bonds. The molecular weight excluding hydrogens is 354 g/mol. The quantitative estimate of drug-likeness (QED) is 0.715. The van der Waals surface area contributed by atoms with Crippen molar-refractivity contribution in [3.05, 3.63) is 54.4 Å². The summed E-state index contributed by atoms with van der Waals surface area (Å²) in [5, 5.41) is 5.64. The number of imidazole rings is 1. The topological polar surface area (TPSA) is 79.3 Å². The number of hydrogen-bond donors (Lipinski definition) is 2. The summed E-state index contributed by atoms with van der Waals surface area (Å²) < 4.78 is 2.05. The van der Waals surface area contributed by atoms with Crippen LogP contribution in [0.5, 0.6) is 0 Å². The number of nitrogens with one attached hydrogen (secondary N) is 2. The summed E-state index contributed by atoms with van der Waals surface area (Å²) >= 11 is 0. The smallest absolute Gasteiger partial charge is 0.323 e. The Balaban J connectivity index is 1.45. The minimum atomic E-state index is -0.297. The van der Waals surface area contributed by atoms with Gasteiger partial charge in [-0.1, -0.05) is 18.2 Å². The molecule has 2 heterocycles. The van der Waals surface area contributed by atoms with Gasteiger partial charge in [0.05, 0.1) is 11.0 Å². The molecule has 3 aromatic rings. The lowest BCUT2D eigenvalue weighted by atomic mass is 10.2. The molecule has 144 valence electrons. The summed E-state index contributed by atoms with van der Waals surface area (Å²) in [5.74, 6) is 1.16. The molecule has 7 nitrogen and oxygen atoms in total. The van der Waals surface area contributed by atoms with E-state index < -0.39 is 0 Å². The lowest BCUT2D eigenvalue weighted by Gasteiger charge is -2.14. The van der Waals surface area contributed by atoms with Crippen molar-refractivity contribution in [3.63, 3.8) is 0 Å². The molecule has 4 rings (SSSR count). The van der Waals surface area contributed by atoms with E-state index in [1.807, 2.05) is 65.0 Å². The molecule has 0 unspecified atom stereocenters. The third-order valence-corrected chi connectivity index (χ3v) is 5.04. The van der Waals surface area contributed by atoms with Gasteiger partial charge in [0.15, 0.2) is 0 Å². The van der Waals surface area contributed by atoms with Crippen molar-refractivity contribution in [1.29, 1.82) is 0 Å². The van der Waals surface area contributed by atoms with Crippen molar-refractivity contribution in [2.75, 3.05) is 23.7 Å². The standard InChI is InChI=1S/C21H23N5O2/c1-25-18-10-9-16(23-21(28)22-15-6-3-2-4-7-15)14-17(18)24-19(25)11-13-26-12-5-8-20(26)27/h2-4,6-7,9-10,14H,5,8,11-13H2,1H3,(H2,22,23,28). The van der Waals surface area contributed by atoms with E-state index in [1.165, 1.54) is 0 Å². The number of carbonyl (C=O) groups excluding carboxylic acids is 2. The Hall–Kier alpha value is -3.35. The number of benzene rings is 2. The van der Waals surface area contributed by atoms with Crippen LogP contribution in [-0.2, 0) is 18.3 Å². The Kier molecular flexibility index (Phi) is 4.97. The number of likely N-dealkylation sites (tertiary alicyclic amines) is 1. The van der Waals surface area contributed by atoms with Gasteiger partial charge in [-0.25, -0.2) is 9.78 Å². The second kappa shape index (κ2) is 7.72. The number of amides is 3. The minimum absolute atomic E-state index is 0.231. The van der Waals surface area contributed by atoms with E-state index in [2.05, 4.69) is 10.6 Å². The first-order valence-corrected chi connectivity index (χ1v) is 9.46. The first-order valence-electron chi connectivity index (χ1n) is 9.46. The van der Waals surface area contributed by atoms with Crippen LogP contribution in [0.4, 0.5) is 16.2 Å². The van der Waals surface area contributed by atoms with Crippen LogP contribution in [0, 0.1) is 0 Å². The van der Waals surface area contributed by atoms with Crippen molar-refractivity contribution in [3.8, 4) is 0 Å². The molecule has 0 aliphatic carbocycles. The van der Waals surface area contributed by atoms with Gasteiger partial charge in [-0.15, -0.1) is 0 Å². The Labute approximate surface area is 163 Å². The SMILES string of the molecule is Cn1c(CCN2CCCC2=O)nc2cc(NC(=O)Nc3ccccc3)ccc21. The van der Waals surface area contributed by atoms with E-state index in [1.54, 1.807) is 0 Å². The second-order valence-corrected chi connectivity index (χ2v) is 6.97. The first kappa shape index (κ1) is 18.0. The van der Waals surface area contributed by atoms with Crippen LogP contribution >= 0.6 is 0 Å². The third-order valence-electron chi connectivity index (χ3n) is 5.04. The molecule has 0 atom stereocenters. The Bertz CT molecular complexity index is 1010. The highest BCUT2D eigenvalue weighted by Gasteiger charge is 2.20. The van der Waals surface area contributed by atoms with Crippen molar-refractivity contribution < 1.29 is 9.59 Å². The van der Waals surface area contributed by atoms with Crippen LogP contribution in [0.25, 0.3) is 11.0 Å². The molecule has 0 saturated carbocycles. The van der Waals surface area contributed by atoms with Crippen LogP contribution in [0.1, 0.15) is 18.7 Å². The number of aryl methyl sites for hydroxylation is 1. The van der Waals surface area contributed by atoms with Gasteiger partial charge >= 0.3 is 6.03 Å². The maximum Gasteiger partial charge on any atom is 0.323 e. The van der Waals surface area contributed by atoms with Gasteiger partial charge in [0.25, 0.3) is 0 Å². The van der Waals surface area contributed by atoms with Crippen molar-refractivity contribution >= 4 is 34.3 Å². The van der Waals surface area contributed by atoms with E-state index in [-0.39, 0.29) is 11.9 Å². The Morgan fingerprint density at radius 2 is 1.89 bits per heavy atom. The van der Waals surface area contributed by atoms with E-state index in [9.17, 15) is 9.59 Å². The van der Waals surface area contributed by atoms with Gasteiger partial charge in [-0.05, 0) is 36.8 Å². The molecule has 1 aliphatic heterocycles. The summed E-state index contributed by atoms with van der Waals surface area (Å²) in [5.41, 5.74) is 3.23. The first-order chi connectivity index (χ1) is 13.6. The van der Waals surface area contributed by atoms with Gasteiger partial charge in [-0.3, -0.25) is 4.79 Å². The molecule has 1 fully saturated rings. The normalized spacial score (nSPS) is 13.9. The van der Waals surface area contributed by atoms with Crippen molar-refractivity contribution in [2.24, 2.45) is 7.05 Å². The number of aromatic nitrogens is 2. The summed E-state index contributed by atoms with van der Waals surface area (Å²) in [4.78, 5) is 30.6. The molecule has 1 aromatic heterocycles. The largest absolute Gasteiger partial charge is 0.342 e. The highest BCUT2D eigenvalue weighted by atomic mass is 16.2. The van der Waals surface area contributed by atoms with E-state index >= 15 is 0 Å². The average Bonchev–Trinajstić information content (AvgIpc) is 3.23. The number of anilines is 2. The van der Waals surface area contributed by atoms with Crippen LogP contribution in [0.2, 0.25) is 0 Å². The second-order valence-electron chi connectivity index (χ2n) is 6.97. The van der Waals surface area contributed by atoms with Crippen molar-refractivity contribution in [1.82, 2.24) is 14.5 Å². The zero-order valence-corrected chi connectivity index (χ0v) is 15.8. The number of fused-ring (bicyclic) bond motifs is 1. The molecule has 0 radical (unpaired) electrons. The molecule has 7 heteroatoms. The molecular formula is C21H23N5O2. The van der Waals surface area contributed by atoms with E-state index in [0.717, 1.165) is 35.5 Å². The fourth-order valence-corrected chi connectivity index (χ4v) is 3.54.